The first-order valence-electron chi connectivity index (χ1n) is 5.12. The molecule has 0 aromatic carbocycles. The summed E-state index contributed by atoms with van der Waals surface area (Å²) >= 11 is 0. The van der Waals surface area contributed by atoms with Gasteiger partial charge in [-0.05, 0) is 33.6 Å². The first-order chi connectivity index (χ1) is 5.91. The Balaban J connectivity index is 4.01. The van der Waals surface area contributed by atoms with E-state index in [1.807, 2.05) is 20.8 Å². The highest BCUT2D eigenvalue weighted by Crippen LogP contribution is 2.18. The number of hydrogen-bond donors (Lipinski definition) is 0. The number of ether oxygens (including phenoxy) is 1. The van der Waals surface area contributed by atoms with Gasteiger partial charge in [0.05, 0.1) is 5.41 Å². The van der Waals surface area contributed by atoms with Gasteiger partial charge in [0.1, 0.15) is 6.10 Å². The lowest BCUT2D eigenvalue weighted by Gasteiger charge is -2.22. The maximum atomic E-state index is 11.5. The van der Waals surface area contributed by atoms with Crippen LogP contribution in [0.5, 0.6) is 0 Å². The Bertz CT molecular complexity index is 156. The molecule has 1 atom stereocenters. The van der Waals surface area contributed by atoms with Crippen molar-refractivity contribution in [2.75, 3.05) is 0 Å². The second-order valence-corrected chi connectivity index (χ2v) is 4.47. The summed E-state index contributed by atoms with van der Waals surface area (Å²) in [7, 11) is 0. The Morgan fingerprint density at radius 3 is 2.15 bits per heavy atom. The monoisotopic (exact) mass is 186 g/mol. The molecular formula is C11H22O2. The van der Waals surface area contributed by atoms with Gasteiger partial charge in [-0.1, -0.05) is 20.3 Å². The molecule has 78 valence electrons. The van der Waals surface area contributed by atoms with Crippen LogP contribution >= 0.6 is 0 Å². The van der Waals surface area contributed by atoms with E-state index in [4.69, 9.17) is 4.74 Å². The minimum atomic E-state index is -0.374. The summed E-state index contributed by atoms with van der Waals surface area (Å²) in [5, 5.41) is 0. The van der Waals surface area contributed by atoms with Crippen LogP contribution in [0.2, 0.25) is 0 Å². The summed E-state index contributed by atoms with van der Waals surface area (Å²) < 4.78 is 5.37. The molecule has 0 rings (SSSR count). The molecule has 0 radical (unpaired) electrons. The minimum Gasteiger partial charge on any atom is -0.462 e. The highest BCUT2D eigenvalue weighted by atomic mass is 16.5. The fourth-order valence-electron chi connectivity index (χ4n) is 0.997. The van der Waals surface area contributed by atoms with Crippen LogP contribution in [-0.2, 0) is 9.53 Å². The Hall–Kier alpha value is -0.530. The molecule has 0 N–H and O–H groups in total. The molecule has 0 spiro atoms. The average Bonchev–Trinajstić information content (AvgIpc) is 2.01. The maximum Gasteiger partial charge on any atom is 0.311 e. The van der Waals surface area contributed by atoms with E-state index in [0.29, 0.717) is 0 Å². The quantitative estimate of drug-likeness (QED) is 0.630. The second kappa shape index (κ2) is 5.25. The molecular weight excluding hydrogens is 164 g/mol. The van der Waals surface area contributed by atoms with Crippen LogP contribution < -0.4 is 0 Å². The van der Waals surface area contributed by atoms with Gasteiger partial charge in [-0.15, -0.1) is 0 Å². The van der Waals surface area contributed by atoms with Crippen molar-refractivity contribution in [3.8, 4) is 0 Å². The number of hydrogen-bond acceptors (Lipinski definition) is 2. The molecule has 0 saturated heterocycles. The average molecular weight is 186 g/mol. The van der Waals surface area contributed by atoms with Crippen molar-refractivity contribution >= 4 is 5.97 Å². The fourth-order valence-corrected chi connectivity index (χ4v) is 0.997. The van der Waals surface area contributed by atoms with E-state index in [2.05, 4.69) is 13.8 Å². The molecule has 13 heavy (non-hydrogen) atoms. The van der Waals surface area contributed by atoms with Crippen LogP contribution in [0.4, 0.5) is 0 Å². The number of carbonyl (C=O) groups is 1. The third kappa shape index (κ3) is 4.91. The Labute approximate surface area is 81.7 Å². The van der Waals surface area contributed by atoms with Crippen molar-refractivity contribution in [3.63, 3.8) is 0 Å². The second-order valence-electron chi connectivity index (χ2n) is 4.47. The van der Waals surface area contributed by atoms with Crippen LogP contribution in [0, 0.1) is 5.41 Å². The van der Waals surface area contributed by atoms with Crippen LogP contribution in [0.3, 0.4) is 0 Å². The van der Waals surface area contributed by atoms with Crippen LogP contribution in [0.25, 0.3) is 0 Å². The van der Waals surface area contributed by atoms with Gasteiger partial charge in [-0.3, -0.25) is 4.79 Å². The summed E-state index contributed by atoms with van der Waals surface area (Å²) in [5.41, 5.74) is -0.374. The van der Waals surface area contributed by atoms with Crippen LogP contribution in [0.15, 0.2) is 0 Å². The summed E-state index contributed by atoms with van der Waals surface area (Å²) in [4.78, 5) is 11.5. The number of rotatable bonds is 4. The number of carbonyl (C=O) groups excluding carboxylic acids is 1. The van der Waals surface area contributed by atoms with Crippen molar-refractivity contribution in [2.24, 2.45) is 5.41 Å². The molecule has 0 heterocycles. The van der Waals surface area contributed by atoms with E-state index < -0.39 is 0 Å². The van der Waals surface area contributed by atoms with E-state index >= 15 is 0 Å². The molecule has 0 aliphatic carbocycles. The van der Waals surface area contributed by atoms with Gasteiger partial charge in [0.15, 0.2) is 0 Å². The zero-order chi connectivity index (χ0) is 10.5. The smallest absolute Gasteiger partial charge is 0.311 e. The summed E-state index contributed by atoms with van der Waals surface area (Å²) in [6, 6.07) is 0. The molecule has 0 aromatic heterocycles. The first-order valence-corrected chi connectivity index (χ1v) is 5.12. The Morgan fingerprint density at radius 2 is 1.85 bits per heavy atom. The van der Waals surface area contributed by atoms with Gasteiger partial charge in [-0.2, -0.15) is 0 Å². The van der Waals surface area contributed by atoms with Gasteiger partial charge in [0.2, 0.25) is 0 Å². The van der Waals surface area contributed by atoms with Gasteiger partial charge < -0.3 is 4.74 Å². The van der Waals surface area contributed by atoms with E-state index in [-0.39, 0.29) is 17.5 Å². The summed E-state index contributed by atoms with van der Waals surface area (Å²) in [6.07, 6.45) is 3.06. The van der Waals surface area contributed by atoms with Gasteiger partial charge in [0.25, 0.3) is 0 Å². The third-order valence-corrected chi connectivity index (χ3v) is 1.95. The van der Waals surface area contributed by atoms with Crippen molar-refractivity contribution < 1.29 is 9.53 Å². The predicted molar refractivity (Wildman–Crippen MR) is 54.5 cm³/mol. The highest BCUT2D eigenvalue weighted by Gasteiger charge is 2.25. The zero-order valence-electron chi connectivity index (χ0n) is 9.52. The van der Waals surface area contributed by atoms with Crippen molar-refractivity contribution in [1.29, 1.82) is 0 Å². The Kier molecular flexibility index (Phi) is 5.04. The summed E-state index contributed by atoms with van der Waals surface area (Å²) in [6.45, 7) is 9.81. The van der Waals surface area contributed by atoms with Crippen LogP contribution in [-0.4, -0.2) is 12.1 Å². The van der Waals surface area contributed by atoms with E-state index in [1.165, 1.54) is 0 Å². The van der Waals surface area contributed by atoms with E-state index in [1.54, 1.807) is 0 Å². The van der Waals surface area contributed by atoms with Gasteiger partial charge >= 0.3 is 5.97 Å². The topological polar surface area (TPSA) is 26.3 Å². The molecule has 2 nitrogen and oxygen atoms in total. The molecule has 1 unspecified atom stereocenters. The molecule has 0 saturated carbocycles. The predicted octanol–water partition coefficient (Wildman–Crippen LogP) is 3.15. The number of esters is 1. The maximum absolute atomic E-state index is 11.5. The largest absolute Gasteiger partial charge is 0.462 e. The normalized spacial score (nSPS) is 13.9. The lowest BCUT2D eigenvalue weighted by molar-refractivity contribution is -0.159. The first kappa shape index (κ1) is 12.5. The molecule has 2 heteroatoms. The molecule has 0 bridgehead atoms. The summed E-state index contributed by atoms with van der Waals surface area (Å²) in [5.74, 6) is -0.0900. The lowest BCUT2D eigenvalue weighted by Crippen LogP contribution is -2.27. The molecule has 0 aromatic rings. The highest BCUT2D eigenvalue weighted by molar-refractivity contribution is 5.75. The third-order valence-electron chi connectivity index (χ3n) is 1.95. The van der Waals surface area contributed by atoms with Crippen LogP contribution in [0.1, 0.15) is 53.9 Å². The van der Waals surface area contributed by atoms with Crippen molar-refractivity contribution in [1.82, 2.24) is 0 Å². The van der Waals surface area contributed by atoms with Gasteiger partial charge in [0, 0.05) is 0 Å². The molecule has 0 aliphatic rings. The van der Waals surface area contributed by atoms with Gasteiger partial charge in [-0.25, -0.2) is 0 Å². The standard InChI is InChI=1S/C11H22O2/c1-6-8-9(7-2)13-10(12)11(3,4)5/h9H,6-8H2,1-5H3. The minimum absolute atomic E-state index is 0.0900. The molecule has 0 amide bonds. The van der Waals surface area contributed by atoms with Crippen molar-refractivity contribution in [2.45, 2.75) is 60.0 Å². The zero-order valence-corrected chi connectivity index (χ0v) is 9.52. The SMILES string of the molecule is CCCC(CC)OC(=O)C(C)(C)C. The van der Waals surface area contributed by atoms with E-state index in [9.17, 15) is 4.79 Å². The molecule has 0 aliphatic heterocycles. The fraction of sp³-hybridized carbons (Fsp3) is 0.909. The molecule has 0 fully saturated rings. The Morgan fingerprint density at radius 1 is 1.31 bits per heavy atom. The van der Waals surface area contributed by atoms with E-state index in [0.717, 1.165) is 19.3 Å². The lowest BCUT2D eigenvalue weighted by atomic mass is 9.97. The van der Waals surface area contributed by atoms with Crippen molar-refractivity contribution in [3.05, 3.63) is 0 Å².